The van der Waals surface area contributed by atoms with Crippen LogP contribution in [0.3, 0.4) is 0 Å². The number of ether oxygens (including phenoxy) is 1. The third kappa shape index (κ3) is 4.21. The largest absolute Gasteiger partial charge is 0.495 e. The first-order valence-electron chi connectivity index (χ1n) is 8.80. The fraction of sp³-hybridized carbons (Fsp3) is 0.300. The van der Waals surface area contributed by atoms with Crippen LogP contribution in [0.5, 0.6) is 5.75 Å². The van der Waals surface area contributed by atoms with Gasteiger partial charge in [-0.3, -0.25) is 10.1 Å². The first kappa shape index (κ1) is 17.9. The van der Waals surface area contributed by atoms with Crippen molar-refractivity contribution in [2.45, 2.75) is 0 Å². The van der Waals surface area contributed by atoms with Gasteiger partial charge < -0.3 is 14.5 Å². The van der Waals surface area contributed by atoms with E-state index >= 15 is 0 Å². The molecule has 1 N–H and O–H groups in total. The van der Waals surface area contributed by atoms with Gasteiger partial charge in [0.1, 0.15) is 5.75 Å². The van der Waals surface area contributed by atoms with Gasteiger partial charge in [-0.25, -0.2) is 0 Å². The molecule has 6 heteroatoms. The summed E-state index contributed by atoms with van der Waals surface area (Å²) in [4.78, 5) is 14.6. The molecule has 0 unspecified atom stereocenters. The summed E-state index contributed by atoms with van der Waals surface area (Å²) in [5.41, 5.74) is 1.95. The number of hydrogen-bond donors (Lipinski definition) is 1. The van der Waals surface area contributed by atoms with E-state index in [9.17, 15) is 10.1 Å². The summed E-state index contributed by atoms with van der Waals surface area (Å²) in [6.07, 6.45) is 3.90. The van der Waals surface area contributed by atoms with E-state index in [1.54, 1.807) is 25.3 Å². The van der Waals surface area contributed by atoms with Crippen LogP contribution < -0.4 is 14.5 Å². The average Bonchev–Trinajstić information content (AvgIpc) is 2.69. The number of anilines is 1. The molecule has 0 saturated carbocycles. The van der Waals surface area contributed by atoms with Gasteiger partial charge in [0, 0.05) is 6.07 Å². The number of rotatable bonds is 6. The number of nitro groups is 1. The van der Waals surface area contributed by atoms with Crippen molar-refractivity contribution < 1.29 is 14.6 Å². The summed E-state index contributed by atoms with van der Waals surface area (Å²) in [5, 5.41) is 11.1. The molecule has 1 heterocycles. The maximum absolute atomic E-state index is 11.1. The molecule has 0 atom stereocenters. The van der Waals surface area contributed by atoms with E-state index in [4.69, 9.17) is 4.74 Å². The predicted molar refractivity (Wildman–Crippen MR) is 103 cm³/mol. The number of nitro benzene ring substituents is 1. The Kier molecular flexibility index (Phi) is 5.86. The normalized spacial score (nSPS) is 15.3. The second-order valence-corrected chi connectivity index (χ2v) is 6.33. The molecule has 0 spiro atoms. The van der Waals surface area contributed by atoms with Gasteiger partial charge in [-0.2, -0.15) is 0 Å². The molecule has 1 saturated heterocycles. The van der Waals surface area contributed by atoms with Crippen molar-refractivity contribution in [3.05, 3.63) is 70.3 Å². The molecule has 1 aliphatic heterocycles. The van der Waals surface area contributed by atoms with Crippen LogP contribution in [0.4, 0.5) is 11.4 Å². The first-order valence-corrected chi connectivity index (χ1v) is 8.80. The Morgan fingerprint density at radius 2 is 1.85 bits per heavy atom. The molecule has 1 fully saturated rings. The van der Waals surface area contributed by atoms with Crippen molar-refractivity contribution >= 4 is 17.5 Å². The summed E-state index contributed by atoms with van der Waals surface area (Å²) < 4.78 is 5.46. The number of benzene rings is 2. The lowest BCUT2D eigenvalue weighted by Crippen LogP contribution is -3.14. The average molecular weight is 354 g/mol. The molecule has 0 amide bonds. The Morgan fingerprint density at radius 3 is 2.58 bits per heavy atom. The van der Waals surface area contributed by atoms with Crippen LogP contribution in [0.1, 0.15) is 5.56 Å². The quantitative estimate of drug-likeness (QED) is 0.637. The van der Waals surface area contributed by atoms with Gasteiger partial charge in [-0.1, -0.05) is 24.3 Å². The zero-order valence-corrected chi connectivity index (χ0v) is 14.9. The molecule has 136 valence electrons. The summed E-state index contributed by atoms with van der Waals surface area (Å²) in [6, 6.07) is 14.9. The fourth-order valence-corrected chi connectivity index (χ4v) is 3.31. The lowest BCUT2D eigenvalue weighted by atomic mass is 10.1. The minimum atomic E-state index is -0.335. The van der Waals surface area contributed by atoms with Crippen molar-refractivity contribution in [2.24, 2.45) is 0 Å². The van der Waals surface area contributed by atoms with Gasteiger partial charge in [0.15, 0.2) is 0 Å². The number of para-hydroxylation sites is 3. The Hall–Kier alpha value is -2.86. The Labute approximate surface area is 153 Å². The van der Waals surface area contributed by atoms with Crippen LogP contribution in [0, 0.1) is 10.1 Å². The summed E-state index contributed by atoms with van der Waals surface area (Å²) >= 11 is 0. The Morgan fingerprint density at radius 1 is 1.15 bits per heavy atom. The second kappa shape index (κ2) is 8.49. The Balaban J connectivity index is 1.56. The van der Waals surface area contributed by atoms with E-state index in [0.717, 1.165) is 44.2 Å². The molecule has 2 aromatic carbocycles. The summed E-state index contributed by atoms with van der Waals surface area (Å²) in [6.45, 7) is 4.86. The molecule has 0 aliphatic carbocycles. The number of hydrogen-bond acceptors (Lipinski definition) is 4. The highest BCUT2D eigenvalue weighted by Crippen LogP contribution is 2.27. The standard InChI is InChI=1S/C20H23N3O3/c1-26-20-11-5-4-10-19(20)22-15-13-21(14-16-22)12-6-8-17-7-2-3-9-18(17)23(24)25/h2-11H,12-16H2,1H3/p+1/b8-6+. The summed E-state index contributed by atoms with van der Waals surface area (Å²) in [5.74, 6) is 0.909. The predicted octanol–water partition coefficient (Wildman–Crippen LogP) is 2.02. The maximum atomic E-state index is 11.1. The highest BCUT2D eigenvalue weighted by Gasteiger charge is 2.21. The zero-order chi connectivity index (χ0) is 18.4. The molecule has 3 rings (SSSR count). The van der Waals surface area contributed by atoms with Gasteiger partial charge in [0.2, 0.25) is 0 Å². The minimum absolute atomic E-state index is 0.153. The van der Waals surface area contributed by atoms with Crippen LogP contribution in [0.2, 0.25) is 0 Å². The van der Waals surface area contributed by atoms with E-state index in [2.05, 4.69) is 11.0 Å². The highest BCUT2D eigenvalue weighted by atomic mass is 16.6. The van der Waals surface area contributed by atoms with Crippen molar-refractivity contribution in [1.82, 2.24) is 0 Å². The van der Waals surface area contributed by atoms with Gasteiger partial charge in [0.25, 0.3) is 5.69 Å². The lowest BCUT2D eigenvalue weighted by molar-refractivity contribution is -0.894. The molecule has 2 aromatic rings. The molecular formula is C20H24N3O3+. The second-order valence-electron chi connectivity index (χ2n) is 6.33. The monoisotopic (exact) mass is 354 g/mol. The van der Waals surface area contributed by atoms with Gasteiger partial charge in [0.05, 0.1) is 56.0 Å². The van der Waals surface area contributed by atoms with Gasteiger partial charge >= 0.3 is 0 Å². The van der Waals surface area contributed by atoms with Crippen molar-refractivity contribution in [2.75, 3.05) is 44.7 Å². The van der Waals surface area contributed by atoms with E-state index < -0.39 is 0 Å². The molecular weight excluding hydrogens is 330 g/mol. The first-order chi connectivity index (χ1) is 12.7. The smallest absolute Gasteiger partial charge is 0.276 e. The number of nitrogens with one attached hydrogen (secondary N) is 1. The lowest BCUT2D eigenvalue weighted by Gasteiger charge is -2.33. The topological polar surface area (TPSA) is 60.0 Å². The minimum Gasteiger partial charge on any atom is -0.495 e. The van der Waals surface area contributed by atoms with Crippen LogP contribution in [-0.2, 0) is 0 Å². The van der Waals surface area contributed by atoms with E-state index in [1.807, 2.05) is 36.4 Å². The van der Waals surface area contributed by atoms with Gasteiger partial charge in [-0.15, -0.1) is 0 Å². The van der Waals surface area contributed by atoms with E-state index in [-0.39, 0.29) is 10.6 Å². The Bertz CT molecular complexity index is 783. The van der Waals surface area contributed by atoms with Crippen molar-refractivity contribution in [3.8, 4) is 5.75 Å². The third-order valence-electron chi connectivity index (χ3n) is 4.73. The van der Waals surface area contributed by atoms with Gasteiger partial charge in [-0.05, 0) is 30.4 Å². The molecule has 0 aromatic heterocycles. The zero-order valence-electron chi connectivity index (χ0n) is 14.9. The fourth-order valence-electron chi connectivity index (χ4n) is 3.31. The van der Waals surface area contributed by atoms with Crippen LogP contribution >= 0.6 is 0 Å². The van der Waals surface area contributed by atoms with Crippen molar-refractivity contribution in [3.63, 3.8) is 0 Å². The van der Waals surface area contributed by atoms with Crippen LogP contribution in [-0.4, -0.2) is 44.8 Å². The molecule has 6 nitrogen and oxygen atoms in total. The van der Waals surface area contributed by atoms with E-state index in [1.165, 1.54) is 4.90 Å². The number of quaternary nitrogens is 1. The van der Waals surface area contributed by atoms with E-state index in [0.29, 0.717) is 5.56 Å². The van der Waals surface area contributed by atoms with Crippen molar-refractivity contribution in [1.29, 1.82) is 0 Å². The molecule has 0 bridgehead atoms. The van der Waals surface area contributed by atoms with Crippen LogP contribution in [0.15, 0.2) is 54.6 Å². The number of methoxy groups -OCH3 is 1. The summed E-state index contributed by atoms with van der Waals surface area (Å²) in [7, 11) is 1.70. The van der Waals surface area contributed by atoms with Crippen LogP contribution in [0.25, 0.3) is 6.08 Å². The number of nitrogens with zero attached hydrogens (tertiary/aromatic N) is 2. The SMILES string of the molecule is COc1ccccc1N1CC[NH+](C/C=C/c2ccccc2[N+](=O)[O-])CC1. The molecule has 0 radical (unpaired) electrons. The number of piperazine rings is 1. The molecule has 1 aliphatic rings. The molecule has 26 heavy (non-hydrogen) atoms. The maximum Gasteiger partial charge on any atom is 0.276 e. The third-order valence-corrected chi connectivity index (χ3v) is 4.73. The highest BCUT2D eigenvalue weighted by molar-refractivity contribution is 5.60.